The Morgan fingerprint density at radius 1 is 1.21 bits per heavy atom. The largest absolute Gasteiger partial charge is 0.493 e. The molecule has 0 unspecified atom stereocenters. The van der Waals surface area contributed by atoms with Crippen molar-refractivity contribution in [2.24, 2.45) is 5.92 Å². The van der Waals surface area contributed by atoms with Crippen molar-refractivity contribution >= 4 is 26.0 Å². The molecule has 0 atom stereocenters. The van der Waals surface area contributed by atoms with Gasteiger partial charge in [-0.3, -0.25) is 0 Å². The molecular weight excluding hydrogens is 334 g/mol. The second kappa shape index (κ2) is 6.58. The van der Waals surface area contributed by atoms with E-state index in [0.717, 1.165) is 0 Å². The second-order valence-corrected chi connectivity index (χ2v) is 6.97. The van der Waals surface area contributed by atoms with Gasteiger partial charge in [-0.05, 0) is 27.9 Å². The normalized spacial score (nSPS) is 11.7. The van der Waals surface area contributed by atoms with Gasteiger partial charge >= 0.3 is 0 Å². The zero-order valence-electron chi connectivity index (χ0n) is 11.4. The molecule has 0 radical (unpaired) electrons. The summed E-state index contributed by atoms with van der Waals surface area (Å²) >= 11 is 3.24. The van der Waals surface area contributed by atoms with Crippen molar-refractivity contribution in [3.05, 3.63) is 16.6 Å². The Labute approximate surface area is 122 Å². The Morgan fingerprint density at radius 2 is 1.74 bits per heavy atom. The van der Waals surface area contributed by atoms with Crippen LogP contribution in [-0.2, 0) is 10.0 Å². The third-order valence-corrected chi connectivity index (χ3v) is 4.79. The molecule has 0 spiro atoms. The van der Waals surface area contributed by atoms with E-state index in [1.807, 2.05) is 13.8 Å². The summed E-state index contributed by atoms with van der Waals surface area (Å²) in [6, 6.07) is 3.01. The summed E-state index contributed by atoms with van der Waals surface area (Å²) in [7, 11) is -0.618. The number of hydrogen-bond acceptors (Lipinski definition) is 4. The number of nitrogens with one attached hydrogen (secondary N) is 1. The molecule has 1 N–H and O–H groups in total. The van der Waals surface area contributed by atoms with E-state index in [2.05, 4.69) is 20.7 Å². The lowest BCUT2D eigenvalue weighted by Gasteiger charge is -2.13. The predicted molar refractivity (Wildman–Crippen MR) is 77.3 cm³/mol. The molecule has 0 aromatic heterocycles. The van der Waals surface area contributed by atoms with E-state index in [1.54, 1.807) is 6.07 Å². The van der Waals surface area contributed by atoms with Crippen molar-refractivity contribution in [3.63, 3.8) is 0 Å². The Kier molecular flexibility index (Phi) is 5.64. The molecule has 0 saturated carbocycles. The number of sulfonamides is 1. The highest BCUT2D eigenvalue weighted by molar-refractivity contribution is 9.10. The molecule has 7 heteroatoms. The Hall–Kier alpha value is -0.790. The monoisotopic (exact) mass is 351 g/mol. The van der Waals surface area contributed by atoms with Crippen LogP contribution in [0, 0.1) is 5.92 Å². The third kappa shape index (κ3) is 4.09. The zero-order chi connectivity index (χ0) is 14.6. The van der Waals surface area contributed by atoms with Crippen LogP contribution in [0.2, 0.25) is 0 Å². The molecule has 0 aliphatic heterocycles. The molecule has 1 aromatic rings. The van der Waals surface area contributed by atoms with Gasteiger partial charge in [0.1, 0.15) is 4.90 Å². The molecule has 0 amide bonds. The van der Waals surface area contributed by atoms with Crippen molar-refractivity contribution in [2.45, 2.75) is 18.7 Å². The Morgan fingerprint density at radius 3 is 2.21 bits per heavy atom. The molecule has 0 bridgehead atoms. The second-order valence-electron chi connectivity index (χ2n) is 4.38. The minimum absolute atomic E-state index is 0.130. The average Bonchev–Trinajstić information content (AvgIpc) is 2.35. The fourth-order valence-corrected chi connectivity index (χ4v) is 3.64. The van der Waals surface area contributed by atoms with Gasteiger partial charge in [0.05, 0.1) is 14.2 Å². The summed E-state index contributed by atoms with van der Waals surface area (Å²) in [5.41, 5.74) is 0. The Bertz CT molecular complexity index is 543. The van der Waals surface area contributed by atoms with Crippen LogP contribution in [-0.4, -0.2) is 29.2 Å². The van der Waals surface area contributed by atoms with E-state index < -0.39 is 10.0 Å². The van der Waals surface area contributed by atoms with Crippen molar-refractivity contribution in [3.8, 4) is 11.5 Å². The standard InChI is InChI=1S/C12H18BrNO4S/c1-8(2)7-14-19(15,16)12-6-11(18-4)10(17-3)5-9(12)13/h5-6,8,14H,7H2,1-4H3. The summed E-state index contributed by atoms with van der Waals surface area (Å²) in [5.74, 6) is 1.07. The average molecular weight is 352 g/mol. The number of hydrogen-bond donors (Lipinski definition) is 1. The van der Waals surface area contributed by atoms with Crippen LogP contribution in [0.4, 0.5) is 0 Å². The number of halogens is 1. The lowest BCUT2D eigenvalue weighted by Crippen LogP contribution is -2.27. The highest BCUT2D eigenvalue weighted by atomic mass is 79.9. The maximum atomic E-state index is 12.2. The van der Waals surface area contributed by atoms with Crippen molar-refractivity contribution in [1.82, 2.24) is 4.72 Å². The molecular formula is C12H18BrNO4S. The van der Waals surface area contributed by atoms with E-state index in [-0.39, 0.29) is 10.8 Å². The topological polar surface area (TPSA) is 64.6 Å². The van der Waals surface area contributed by atoms with Gasteiger partial charge in [0.15, 0.2) is 11.5 Å². The van der Waals surface area contributed by atoms with Gasteiger partial charge in [-0.15, -0.1) is 0 Å². The van der Waals surface area contributed by atoms with Crippen molar-refractivity contribution < 1.29 is 17.9 Å². The molecule has 1 rings (SSSR count). The quantitative estimate of drug-likeness (QED) is 0.854. The summed E-state index contributed by atoms with van der Waals surface area (Å²) in [4.78, 5) is 0.130. The molecule has 0 aliphatic carbocycles. The molecule has 0 saturated heterocycles. The minimum atomic E-state index is -3.58. The predicted octanol–water partition coefficient (Wildman–Crippen LogP) is 2.40. The van der Waals surface area contributed by atoms with Crippen molar-refractivity contribution in [1.29, 1.82) is 0 Å². The molecule has 1 aromatic carbocycles. The SMILES string of the molecule is COc1cc(Br)c(S(=O)(=O)NCC(C)C)cc1OC. The van der Waals surface area contributed by atoms with Crippen LogP contribution < -0.4 is 14.2 Å². The summed E-state index contributed by atoms with van der Waals surface area (Å²) in [5, 5.41) is 0. The smallest absolute Gasteiger partial charge is 0.241 e. The maximum absolute atomic E-state index is 12.2. The highest BCUT2D eigenvalue weighted by Gasteiger charge is 2.21. The maximum Gasteiger partial charge on any atom is 0.241 e. The van der Waals surface area contributed by atoms with Crippen LogP contribution in [0.1, 0.15) is 13.8 Å². The number of rotatable bonds is 6. The summed E-state index contributed by atoms with van der Waals surface area (Å²) in [6.45, 7) is 4.25. The first-order chi connectivity index (χ1) is 8.81. The van der Waals surface area contributed by atoms with Crippen molar-refractivity contribution in [2.75, 3.05) is 20.8 Å². The highest BCUT2D eigenvalue weighted by Crippen LogP contribution is 2.35. The summed E-state index contributed by atoms with van der Waals surface area (Å²) in [6.07, 6.45) is 0. The van der Waals surface area contributed by atoms with E-state index in [9.17, 15) is 8.42 Å². The van der Waals surface area contributed by atoms with Gasteiger partial charge in [-0.25, -0.2) is 13.1 Å². The molecule has 5 nitrogen and oxygen atoms in total. The van der Waals surface area contributed by atoms with E-state index in [0.29, 0.717) is 22.5 Å². The number of benzene rings is 1. The van der Waals surface area contributed by atoms with E-state index >= 15 is 0 Å². The minimum Gasteiger partial charge on any atom is -0.493 e. The van der Waals surface area contributed by atoms with Gasteiger partial charge in [0.2, 0.25) is 10.0 Å². The van der Waals surface area contributed by atoms with Gasteiger partial charge in [0.25, 0.3) is 0 Å². The third-order valence-electron chi connectivity index (χ3n) is 2.41. The van der Waals surface area contributed by atoms with E-state index in [4.69, 9.17) is 9.47 Å². The lowest BCUT2D eigenvalue weighted by molar-refractivity contribution is 0.353. The van der Waals surface area contributed by atoms with Gasteiger partial charge in [-0.1, -0.05) is 13.8 Å². The molecule has 0 aliphatic rings. The first-order valence-corrected chi connectivity index (χ1v) is 8.00. The number of ether oxygens (including phenoxy) is 2. The van der Waals surface area contributed by atoms with Crippen LogP contribution in [0.25, 0.3) is 0 Å². The molecule has 108 valence electrons. The van der Waals surface area contributed by atoms with Gasteiger partial charge in [0, 0.05) is 17.1 Å². The van der Waals surface area contributed by atoms with Crippen LogP contribution in [0.5, 0.6) is 11.5 Å². The fraction of sp³-hybridized carbons (Fsp3) is 0.500. The molecule has 19 heavy (non-hydrogen) atoms. The lowest BCUT2D eigenvalue weighted by atomic mass is 10.2. The first kappa shape index (κ1) is 16.3. The van der Waals surface area contributed by atoms with Gasteiger partial charge in [-0.2, -0.15) is 0 Å². The van der Waals surface area contributed by atoms with Crippen LogP contribution in [0.15, 0.2) is 21.5 Å². The van der Waals surface area contributed by atoms with Crippen LogP contribution in [0.3, 0.4) is 0 Å². The van der Waals surface area contributed by atoms with Gasteiger partial charge < -0.3 is 9.47 Å². The number of methoxy groups -OCH3 is 2. The molecule has 0 fully saturated rings. The summed E-state index contributed by atoms with van der Waals surface area (Å²) < 4.78 is 37.6. The van der Waals surface area contributed by atoms with Crippen LogP contribution >= 0.6 is 15.9 Å². The van der Waals surface area contributed by atoms with E-state index in [1.165, 1.54) is 20.3 Å². The Balaban J connectivity index is 3.19. The fourth-order valence-electron chi connectivity index (χ4n) is 1.40. The molecule has 0 heterocycles. The first-order valence-electron chi connectivity index (χ1n) is 5.73. The zero-order valence-corrected chi connectivity index (χ0v) is 13.8.